The van der Waals surface area contributed by atoms with Gasteiger partial charge in [-0.1, -0.05) is 56.3 Å². The highest BCUT2D eigenvalue weighted by molar-refractivity contribution is 5.77. The molecule has 29 heavy (non-hydrogen) atoms. The number of carbonyl (C=O) groups excluding carboxylic acids is 1. The predicted octanol–water partition coefficient (Wildman–Crippen LogP) is 5.89. The minimum atomic E-state index is -0.275. The maximum absolute atomic E-state index is 13.4. The predicted molar refractivity (Wildman–Crippen MR) is 113 cm³/mol. The van der Waals surface area contributed by atoms with Crippen LogP contribution in [0.15, 0.2) is 77.4 Å². The molecule has 3 rings (SSSR count). The molecule has 0 unspecified atom stereocenters. The lowest BCUT2D eigenvalue weighted by Gasteiger charge is -2.20. The Morgan fingerprint density at radius 2 is 1.66 bits per heavy atom. The van der Waals surface area contributed by atoms with Crippen LogP contribution in [0.4, 0.5) is 4.39 Å². The van der Waals surface area contributed by atoms with Crippen LogP contribution in [0, 0.1) is 11.7 Å². The van der Waals surface area contributed by atoms with E-state index < -0.39 is 0 Å². The fourth-order valence-electron chi connectivity index (χ4n) is 3.74. The van der Waals surface area contributed by atoms with Crippen molar-refractivity contribution in [1.82, 2.24) is 5.32 Å². The Labute approximate surface area is 172 Å². The average Bonchev–Trinajstić information content (AvgIpc) is 3.25. The third-order valence-electron chi connectivity index (χ3n) is 5.35. The number of furan rings is 1. The highest BCUT2D eigenvalue weighted by Crippen LogP contribution is 2.29. The second-order valence-electron chi connectivity index (χ2n) is 7.72. The molecule has 0 spiro atoms. The van der Waals surface area contributed by atoms with Gasteiger partial charge in [-0.05, 0) is 47.7 Å². The first kappa shape index (κ1) is 20.8. The zero-order valence-corrected chi connectivity index (χ0v) is 17.0. The Morgan fingerprint density at radius 1 is 0.966 bits per heavy atom. The number of nitrogens with one attached hydrogen (secondary N) is 1. The number of rotatable bonds is 9. The Morgan fingerprint density at radius 3 is 2.28 bits per heavy atom. The molecule has 1 aromatic heterocycles. The van der Waals surface area contributed by atoms with Gasteiger partial charge in [0, 0.05) is 24.8 Å². The number of halogens is 1. The number of benzene rings is 2. The van der Waals surface area contributed by atoms with Gasteiger partial charge in [0.25, 0.3) is 0 Å². The molecule has 0 saturated carbocycles. The molecule has 4 heteroatoms. The molecule has 152 valence electrons. The van der Waals surface area contributed by atoms with E-state index in [-0.39, 0.29) is 23.6 Å². The summed E-state index contributed by atoms with van der Waals surface area (Å²) in [5.74, 6) is 1.26. The summed E-state index contributed by atoms with van der Waals surface area (Å²) in [6, 6.07) is 20.2. The van der Waals surface area contributed by atoms with E-state index in [0.29, 0.717) is 18.9 Å². The van der Waals surface area contributed by atoms with E-state index in [9.17, 15) is 9.18 Å². The Kier molecular flexibility index (Phi) is 7.23. The zero-order chi connectivity index (χ0) is 20.6. The molecule has 0 radical (unpaired) electrons. The molecule has 1 heterocycles. The topological polar surface area (TPSA) is 42.2 Å². The second-order valence-corrected chi connectivity index (χ2v) is 7.72. The number of hydrogen-bond acceptors (Lipinski definition) is 2. The number of carbonyl (C=O) groups is 1. The van der Waals surface area contributed by atoms with Crippen molar-refractivity contribution in [2.75, 3.05) is 6.54 Å². The minimum absolute atomic E-state index is 0.00914. The molecule has 0 bridgehead atoms. The molecule has 0 aliphatic carbocycles. The molecular weight excluding hydrogens is 365 g/mol. The third-order valence-corrected chi connectivity index (χ3v) is 5.35. The molecule has 3 nitrogen and oxygen atoms in total. The van der Waals surface area contributed by atoms with Gasteiger partial charge in [-0.2, -0.15) is 0 Å². The molecule has 0 aliphatic rings. The molecule has 2 aromatic carbocycles. The Balaban J connectivity index is 1.63. The van der Waals surface area contributed by atoms with Gasteiger partial charge in [-0.25, -0.2) is 4.39 Å². The van der Waals surface area contributed by atoms with Crippen LogP contribution in [-0.2, 0) is 4.79 Å². The molecule has 1 amide bonds. The molecule has 0 saturated heterocycles. The minimum Gasteiger partial charge on any atom is -0.469 e. The van der Waals surface area contributed by atoms with Gasteiger partial charge in [-0.3, -0.25) is 4.79 Å². The summed E-state index contributed by atoms with van der Waals surface area (Å²) >= 11 is 0. The van der Waals surface area contributed by atoms with E-state index in [4.69, 9.17) is 4.42 Å². The van der Waals surface area contributed by atoms with Crippen molar-refractivity contribution in [1.29, 1.82) is 0 Å². The summed E-state index contributed by atoms with van der Waals surface area (Å²) in [6.07, 6.45) is 2.84. The quantitative estimate of drug-likeness (QED) is 0.493. The lowest BCUT2D eigenvalue weighted by molar-refractivity contribution is -0.121. The van der Waals surface area contributed by atoms with Crippen molar-refractivity contribution in [3.8, 4) is 0 Å². The molecule has 0 aliphatic heterocycles. The fraction of sp³-hybridized carbons (Fsp3) is 0.320. The van der Waals surface area contributed by atoms with E-state index in [1.165, 1.54) is 12.1 Å². The van der Waals surface area contributed by atoms with Gasteiger partial charge in [0.1, 0.15) is 11.6 Å². The normalized spacial score (nSPS) is 13.2. The molecular formula is C25H28FNO2. The van der Waals surface area contributed by atoms with Gasteiger partial charge in [0.15, 0.2) is 0 Å². The van der Waals surface area contributed by atoms with Crippen LogP contribution in [0.2, 0.25) is 0 Å². The lowest BCUT2D eigenvalue weighted by Crippen LogP contribution is -2.28. The van der Waals surface area contributed by atoms with Crippen LogP contribution in [0.5, 0.6) is 0 Å². The van der Waals surface area contributed by atoms with Crippen molar-refractivity contribution in [3.63, 3.8) is 0 Å². The molecule has 3 aromatic rings. The summed E-state index contributed by atoms with van der Waals surface area (Å²) in [5, 5.41) is 3.06. The molecule has 1 N–H and O–H groups in total. The van der Waals surface area contributed by atoms with Crippen molar-refractivity contribution in [2.45, 2.75) is 38.5 Å². The number of hydrogen-bond donors (Lipinski definition) is 1. The monoisotopic (exact) mass is 393 g/mol. The van der Waals surface area contributed by atoms with Crippen LogP contribution in [0.1, 0.15) is 55.4 Å². The first-order valence-corrected chi connectivity index (χ1v) is 10.1. The van der Waals surface area contributed by atoms with Crippen molar-refractivity contribution in [2.24, 2.45) is 5.92 Å². The van der Waals surface area contributed by atoms with Gasteiger partial charge >= 0.3 is 0 Å². The van der Waals surface area contributed by atoms with Crippen molar-refractivity contribution < 1.29 is 13.6 Å². The molecule has 2 atom stereocenters. The van der Waals surface area contributed by atoms with Crippen LogP contribution >= 0.6 is 0 Å². The van der Waals surface area contributed by atoms with Crippen LogP contribution in [0.25, 0.3) is 0 Å². The van der Waals surface area contributed by atoms with Gasteiger partial charge in [0.05, 0.1) is 6.26 Å². The van der Waals surface area contributed by atoms with E-state index in [2.05, 4.69) is 19.2 Å². The number of amides is 1. The van der Waals surface area contributed by atoms with Crippen LogP contribution in [0.3, 0.4) is 0 Å². The fourth-order valence-corrected chi connectivity index (χ4v) is 3.74. The summed E-state index contributed by atoms with van der Waals surface area (Å²) in [6.45, 7) is 4.91. The summed E-state index contributed by atoms with van der Waals surface area (Å²) in [4.78, 5) is 12.7. The maximum atomic E-state index is 13.4. The maximum Gasteiger partial charge on any atom is 0.220 e. The van der Waals surface area contributed by atoms with E-state index in [0.717, 1.165) is 23.3 Å². The van der Waals surface area contributed by atoms with Crippen molar-refractivity contribution in [3.05, 3.63) is 95.7 Å². The van der Waals surface area contributed by atoms with Crippen LogP contribution in [-0.4, -0.2) is 12.5 Å². The summed E-state index contributed by atoms with van der Waals surface area (Å²) < 4.78 is 18.9. The lowest BCUT2D eigenvalue weighted by atomic mass is 9.88. The van der Waals surface area contributed by atoms with Gasteiger partial charge < -0.3 is 9.73 Å². The van der Waals surface area contributed by atoms with Crippen molar-refractivity contribution >= 4 is 5.91 Å². The van der Waals surface area contributed by atoms with Gasteiger partial charge in [-0.15, -0.1) is 0 Å². The Bertz CT molecular complexity index is 873. The highest BCUT2D eigenvalue weighted by Gasteiger charge is 2.21. The SMILES string of the molecule is CC(C)[C@H](CCNC(=O)C[C@H](c1ccccc1)c1ccc(F)cc1)c1ccco1. The largest absolute Gasteiger partial charge is 0.469 e. The van der Waals surface area contributed by atoms with E-state index in [1.807, 2.05) is 42.5 Å². The van der Waals surface area contributed by atoms with E-state index >= 15 is 0 Å². The van der Waals surface area contributed by atoms with Gasteiger partial charge in [0.2, 0.25) is 5.91 Å². The van der Waals surface area contributed by atoms with Crippen LogP contribution < -0.4 is 5.32 Å². The average molecular weight is 394 g/mol. The Hall–Kier alpha value is -2.88. The standard InChI is InChI=1S/C25H28FNO2/c1-18(2)22(24-9-6-16-29-24)14-15-27-25(28)17-23(19-7-4-3-5-8-19)20-10-12-21(26)13-11-20/h3-13,16,18,22-23H,14-15,17H2,1-2H3,(H,27,28)/t22-,23+/m0/s1. The zero-order valence-electron chi connectivity index (χ0n) is 17.0. The second kappa shape index (κ2) is 10.1. The summed E-state index contributed by atoms with van der Waals surface area (Å²) in [5.41, 5.74) is 1.98. The summed E-state index contributed by atoms with van der Waals surface area (Å²) in [7, 11) is 0. The first-order valence-electron chi connectivity index (χ1n) is 10.1. The smallest absolute Gasteiger partial charge is 0.220 e. The highest BCUT2D eigenvalue weighted by atomic mass is 19.1. The first-order chi connectivity index (χ1) is 14.0. The molecule has 0 fully saturated rings. The van der Waals surface area contributed by atoms with E-state index in [1.54, 1.807) is 18.4 Å². The third kappa shape index (κ3) is 5.80.